The van der Waals surface area contributed by atoms with Crippen LogP contribution in [0.15, 0.2) is 67.0 Å². The van der Waals surface area contributed by atoms with Gasteiger partial charge in [-0.15, -0.1) is 0 Å². The third kappa shape index (κ3) is 3.54. The number of hydrogen-bond donors (Lipinski definition) is 2. The topological polar surface area (TPSA) is 67.1 Å². The Morgan fingerprint density at radius 1 is 1.00 bits per heavy atom. The molecule has 0 saturated carbocycles. The fourth-order valence-electron chi connectivity index (χ4n) is 3.30. The Bertz CT molecular complexity index is 1170. The van der Waals surface area contributed by atoms with Crippen molar-refractivity contribution in [2.45, 2.75) is 6.92 Å². The minimum atomic E-state index is -0.604. The van der Waals surface area contributed by atoms with Crippen molar-refractivity contribution in [3.05, 3.63) is 78.6 Å². The van der Waals surface area contributed by atoms with Crippen molar-refractivity contribution in [1.82, 2.24) is 9.97 Å². The van der Waals surface area contributed by atoms with E-state index in [4.69, 9.17) is 5.73 Å². The van der Waals surface area contributed by atoms with Gasteiger partial charge >= 0.3 is 0 Å². The highest BCUT2D eigenvalue weighted by Crippen LogP contribution is 2.36. The number of rotatable bonds is 5. The molecule has 0 saturated heterocycles. The van der Waals surface area contributed by atoms with E-state index in [0.29, 0.717) is 12.4 Å². The number of nitrogens with zero attached hydrogens (tertiary/aromatic N) is 3. The number of hydrogen-bond acceptors (Lipinski definition) is 5. The van der Waals surface area contributed by atoms with E-state index in [1.807, 2.05) is 54.3 Å². The van der Waals surface area contributed by atoms with Gasteiger partial charge in [0.2, 0.25) is 0 Å². The number of fused-ring (bicyclic) bond motifs is 1. The van der Waals surface area contributed by atoms with Crippen molar-refractivity contribution in [3.8, 4) is 0 Å². The summed E-state index contributed by atoms with van der Waals surface area (Å²) in [6, 6.07) is 17.2. The molecule has 4 aromatic rings. The molecule has 0 radical (unpaired) electrons. The maximum absolute atomic E-state index is 14.0. The first-order chi connectivity index (χ1) is 14.1. The fraction of sp³-hybridized carbons (Fsp3) is 0.0909. The van der Waals surface area contributed by atoms with E-state index in [2.05, 4.69) is 15.3 Å². The van der Waals surface area contributed by atoms with Crippen molar-refractivity contribution < 1.29 is 8.78 Å². The molecule has 0 bridgehead atoms. The van der Waals surface area contributed by atoms with Crippen LogP contribution in [0.5, 0.6) is 0 Å². The first kappa shape index (κ1) is 18.6. The van der Waals surface area contributed by atoms with Crippen LogP contribution in [0.25, 0.3) is 10.8 Å². The Morgan fingerprint density at radius 3 is 2.62 bits per heavy atom. The molecule has 4 rings (SSSR count). The summed E-state index contributed by atoms with van der Waals surface area (Å²) in [5.41, 5.74) is 7.47. The quantitative estimate of drug-likeness (QED) is 0.477. The third-order valence-electron chi connectivity index (χ3n) is 4.67. The summed E-state index contributed by atoms with van der Waals surface area (Å²) in [7, 11) is 0. The fourth-order valence-corrected chi connectivity index (χ4v) is 3.30. The summed E-state index contributed by atoms with van der Waals surface area (Å²) in [5, 5.41) is 4.92. The first-order valence-electron chi connectivity index (χ1n) is 9.16. The molecular weight excluding hydrogens is 372 g/mol. The van der Waals surface area contributed by atoms with Crippen LogP contribution in [-0.2, 0) is 0 Å². The third-order valence-corrected chi connectivity index (χ3v) is 4.67. The second-order valence-electron chi connectivity index (χ2n) is 6.45. The molecule has 0 fully saturated rings. The highest BCUT2D eigenvalue weighted by Gasteiger charge is 2.18. The van der Waals surface area contributed by atoms with Crippen molar-refractivity contribution in [2.75, 3.05) is 22.5 Å². The molecule has 29 heavy (non-hydrogen) atoms. The maximum atomic E-state index is 14.0. The molecule has 0 aliphatic rings. The summed E-state index contributed by atoms with van der Waals surface area (Å²) < 4.78 is 27.5. The molecule has 0 aliphatic carbocycles. The molecule has 0 atom stereocenters. The second kappa shape index (κ2) is 7.71. The average Bonchev–Trinajstić information content (AvgIpc) is 2.74. The SMILES string of the molecule is CCN(c1ncnc(Nc2cc(F)ccc2F)c1N)c1cccc2ccccc12. The molecule has 1 heterocycles. The van der Waals surface area contributed by atoms with E-state index in [0.717, 1.165) is 34.7 Å². The molecule has 1 aromatic heterocycles. The van der Waals surface area contributed by atoms with Crippen molar-refractivity contribution >= 4 is 39.5 Å². The molecule has 146 valence electrons. The lowest BCUT2D eigenvalue weighted by atomic mass is 10.1. The Hall–Kier alpha value is -3.74. The van der Waals surface area contributed by atoms with Crippen LogP contribution in [0, 0.1) is 11.6 Å². The van der Waals surface area contributed by atoms with Gasteiger partial charge in [0.25, 0.3) is 0 Å². The summed E-state index contributed by atoms with van der Waals surface area (Å²) in [5.74, 6) is -0.476. The van der Waals surface area contributed by atoms with Crippen molar-refractivity contribution in [2.24, 2.45) is 0 Å². The van der Waals surface area contributed by atoms with Gasteiger partial charge in [0.05, 0.1) is 11.4 Å². The standard InChI is InChI=1S/C22H19F2N5/c1-2-29(19-9-5-7-14-6-3-4-8-16(14)19)22-20(25)21(26-13-27-22)28-18-12-15(23)10-11-17(18)24/h3-13H,2,25H2,1H3,(H,26,27,28). The van der Waals surface area contributed by atoms with Crippen LogP contribution in [0.1, 0.15) is 6.92 Å². The monoisotopic (exact) mass is 391 g/mol. The predicted molar refractivity (Wildman–Crippen MR) is 113 cm³/mol. The molecule has 0 unspecified atom stereocenters. The van der Waals surface area contributed by atoms with Crippen molar-refractivity contribution in [3.63, 3.8) is 0 Å². The summed E-state index contributed by atoms with van der Waals surface area (Å²) in [6.07, 6.45) is 1.35. The predicted octanol–water partition coefficient (Wildman–Crippen LogP) is 5.39. The zero-order chi connectivity index (χ0) is 20.4. The minimum absolute atomic E-state index is 0.0467. The lowest BCUT2D eigenvalue weighted by Crippen LogP contribution is -2.20. The van der Waals surface area contributed by atoms with Crippen LogP contribution < -0.4 is 16.0 Å². The molecule has 5 nitrogen and oxygen atoms in total. The van der Waals surface area contributed by atoms with Gasteiger partial charge < -0.3 is 16.0 Å². The van der Waals surface area contributed by atoms with Crippen LogP contribution in [0.2, 0.25) is 0 Å². The highest BCUT2D eigenvalue weighted by molar-refractivity contribution is 5.97. The summed E-state index contributed by atoms with van der Waals surface area (Å²) in [6.45, 7) is 2.59. The smallest absolute Gasteiger partial charge is 0.161 e. The molecule has 0 aliphatic heterocycles. The van der Waals surface area contributed by atoms with E-state index in [1.54, 1.807) is 0 Å². The number of benzene rings is 3. The van der Waals surface area contributed by atoms with Gasteiger partial charge in [-0.1, -0.05) is 36.4 Å². The van der Waals surface area contributed by atoms with Gasteiger partial charge in [-0.25, -0.2) is 18.7 Å². The van der Waals surface area contributed by atoms with Crippen molar-refractivity contribution in [1.29, 1.82) is 0 Å². The van der Waals surface area contributed by atoms with Crippen LogP contribution >= 0.6 is 0 Å². The van der Waals surface area contributed by atoms with Gasteiger partial charge in [0, 0.05) is 18.0 Å². The zero-order valence-corrected chi connectivity index (χ0v) is 15.7. The number of halogens is 2. The van der Waals surface area contributed by atoms with Gasteiger partial charge in [-0.2, -0.15) is 0 Å². The van der Waals surface area contributed by atoms with Gasteiger partial charge in [0.15, 0.2) is 11.6 Å². The average molecular weight is 391 g/mol. The molecule has 0 spiro atoms. The Balaban J connectivity index is 1.78. The maximum Gasteiger partial charge on any atom is 0.161 e. The first-order valence-corrected chi connectivity index (χ1v) is 9.16. The minimum Gasteiger partial charge on any atom is -0.393 e. The molecule has 3 aromatic carbocycles. The molecule has 3 N–H and O–H groups in total. The molecular formula is C22H19F2N5. The zero-order valence-electron chi connectivity index (χ0n) is 15.7. The van der Waals surface area contributed by atoms with E-state index in [-0.39, 0.29) is 17.2 Å². The van der Waals surface area contributed by atoms with E-state index >= 15 is 0 Å². The lowest BCUT2D eigenvalue weighted by Gasteiger charge is -2.25. The number of nitrogens with one attached hydrogen (secondary N) is 1. The Kier molecular flexibility index (Phi) is 4.95. The summed E-state index contributed by atoms with van der Waals surface area (Å²) >= 11 is 0. The number of aromatic nitrogens is 2. The lowest BCUT2D eigenvalue weighted by molar-refractivity contribution is 0.603. The highest BCUT2D eigenvalue weighted by atomic mass is 19.1. The molecule has 0 amide bonds. The number of anilines is 5. The number of nitrogen functional groups attached to an aromatic ring is 1. The van der Waals surface area contributed by atoms with Crippen LogP contribution in [-0.4, -0.2) is 16.5 Å². The van der Waals surface area contributed by atoms with Gasteiger partial charge in [0.1, 0.15) is 23.6 Å². The van der Waals surface area contributed by atoms with Gasteiger partial charge in [-0.3, -0.25) is 0 Å². The van der Waals surface area contributed by atoms with E-state index in [9.17, 15) is 8.78 Å². The molecule has 7 heteroatoms. The van der Waals surface area contributed by atoms with E-state index in [1.165, 1.54) is 6.33 Å². The largest absolute Gasteiger partial charge is 0.393 e. The Labute approximate surface area is 166 Å². The normalized spacial score (nSPS) is 10.9. The Morgan fingerprint density at radius 2 is 1.79 bits per heavy atom. The van der Waals surface area contributed by atoms with Gasteiger partial charge in [-0.05, 0) is 30.5 Å². The number of nitrogens with two attached hydrogens (primary N) is 1. The van der Waals surface area contributed by atoms with E-state index < -0.39 is 11.6 Å². The van der Waals surface area contributed by atoms with Crippen LogP contribution in [0.4, 0.5) is 37.5 Å². The second-order valence-corrected chi connectivity index (χ2v) is 6.45. The van der Waals surface area contributed by atoms with Crippen LogP contribution in [0.3, 0.4) is 0 Å². The summed E-state index contributed by atoms with van der Waals surface area (Å²) in [4.78, 5) is 10.4.